The first-order valence-corrected chi connectivity index (χ1v) is 16.0. The van der Waals surface area contributed by atoms with Crippen LogP contribution in [0, 0.1) is 23.2 Å². The quantitative estimate of drug-likeness (QED) is 0.321. The second kappa shape index (κ2) is 13.3. The molecule has 0 spiro atoms. The van der Waals surface area contributed by atoms with Gasteiger partial charge in [0.05, 0.1) is 11.5 Å². The molecule has 2 aromatic carbocycles. The van der Waals surface area contributed by atoms with Crippen LogP contribution >= 0.6 is 11.8 Å². The largest absolute Gasteiger partial charge is 0.446 e. The number of anilines is 1. The maximum atomic E-state index is 12.1. The molecule has 2 heterocycles. The highest BCUT2D eigenvalue weighted by molar-refractivity contribution is 8.00. The van der Waals surface area contributed by atoms with E-state index in [0.29, 0.717) is 12.3 Å². The Bertz CT molecular complexity index is 1140. The van der Waals surface area contributed by atoms with Crippen LogP contribution in [0.2, 0.25) is 0 Å². The second-order valence-electron chi connectivity index (χ2n) is 11.9. The van der Waals surface area contributed by atoms with Crippen molar-refractivity contribution in [2.24, 2.45) is 11.8 Å². The molecule has 2 saturated heterocycles. The molecule has 3 fully saturated rings. The van der Waals surface area contributed by atoms with Gasteiger partial charge in [0.1, 0.15) is 6.10 Å². The average molecular weight is 561 g/mol. The Morgan fingerprint density at radius 1 is 1.10 bits per heavy atom. The van der Waals surface area contributed by atoms with Crippen LogP contribution in [-0.2, 0) is 10.2 Å². The molecule has 1 unspecified atom stereocenters. The fourth-order valence-corrected chi connectivity index (χ4v) is 7.58. The van der Waals surface area contributed by atoms with E-state index in [4.69, 9.17) is 4.74 Å². The van der Waals surface area contributed by atoms with Crippen molar-refractivity contribution in [1.29, 1.82) is 5.26 Å². The van der Waals surface area contributed by atoms with Crippen molar-refractivity contribution < 1.29 is 9.53 Å². The van der Waals surface area contributed by atoms with E-state index in [2.05, 4.69) is 64.5 Å². The van der Waals surface area contributed by atoms with Gasteiger partial charge in [-0.2, -0.15) is 5.26 Å². The number of hydrogen-bond donors (Lipinski definition) is 1. The van der Waals surface area contributed by atoms with Gasteiger partial charge in [-0.15, -0.1) is 11.8 Å². The Morgan fingerprint density at radius 3 is 2.40 bits per heavy atom. The summed E-state index contributed by atoms with van der Waals surface area (Å²) in [7, 11) is 1.59. The molecule has 6 nitrogen and oxygen atoms in total. The zero-order valence-electron chi connectivity index (χ0n) is 24.1. The summed E-state index contributed by atoms with van der Waals surface area (Å²) in [6.07, 6.45) is 6.19. The van der Waals surface area contributed by atoms with Crippen molar-refractivity contribution in [3.63, 3.8) is 0 Å². The van der Waals surface area contributed by atoms with Gasteiger partial charge in [-0.05, 0) is 80.9 Å². The zero-order chi connectivity index (χ0) is 28.0. The Hall–Kier alpha value is -2.69. The van der Waals surface area contributed by atoms with E-state index < -0.39 is 11.5 Å². The van der Waals surface area contributed by atoms with Gasteiger partial charge in [-0.3, -0.25) is 0 Å². The zero-order valence-corrected chi connectivity index (χ0v) is 24.9. The number of likely N-dealkylation sites (tertiary alicyclic amines) is 1. The van der Waals surface area contributed by atoms with Crippen LogP contribution < -0.4 is 10.2 Å². The first kappa shape index (κ1) is 28.8. The minimum Gasteiger partial charge on any atom is -0.446 e. The highest BCUT2D eigenvalue weighted by Crippen LogP contribution is 2.43. The predicted octanol–water partition coefficient (Wildman–Crippen LogP) is 6.47. The van der Waals surface area contributed by atoms with Gasteiger partial charge in [0.25, 0.3) is 0 Å². The number of rotatable bonds is 12. The minimum absolute atomic E-state index is 0.230. The summed E-state index contributed by atoms with van der Waals surface area (Å²) in [5.74, 6) is 0.926. The van der Waals surface area contributed by atoms with E-state index in [1.165, 1.54) is 23.4 Å². The number of nitriles is 1. The van der Waals surface area contributed by atoms with Crippen LogP contribution in [0.3, 0.4) is 0 Å². The average Bonchev–Trinajstić information content (AvgIpc) is 3.79. The van der Waals surface area contributed by atoms with Gasteiger partial charge < -0.3 is 19.9 Å². The molecule has 1 N–H and O–H groups in total. The standard InChI is InChI=1S/C33H44N4O2S/c1-3-7-29(39-32(38)35-2)20-33(24-34,26-8-5-4-6-9-26)27-16-18-36(19-17-27)21-25-22-37(23-25)28-10-12-30(13-11-28)40-31-14-15-31/h4-6,8-13,25,27,29,31H,3,7,14-23H2,1-2H3,(H,35,38)/t29-,33?/m1/s1. The molecule has 0 aromatic heterocycles. The van der Waals surface area contributed by atoms with Crippen molar-refractivity contribution in [3.8, 4) is 6.07 Å². The molecule has 1 aliphatic carbocycles. The first-order valence-electron chi connectivity index (χ1n) is 15.1. The van der Waals surface area contributed by atoms with E-state index in [9.17, 15) is 10.1 Å². The smallest absolute Gasteiger partial charge is 0.407 e. The number of hydrogen-bond acceptors (Lipinski definition) is 6. The molecule has 214 valence electrons. The number of nitrogens with one attached hydrogen (secondary N) is 1. The molecule has 7 heteroatoms. The number of thioether (sulfide) groups is 1. The van der Waals surface area contributed by atoms with Crippen LogP contribution in [-0.4, -0.2) is 62.1 Å². The molecule has 0 bridgehead atoms. The minimum atomic E-state index is -0.668. The van der Waals surface area contributed by atoms with E-state index in [0.717, 1.165) is 69.2 Å². The lowest BCUT2D eigenvalue weighted by Crippen LogP contribution is -2.53. The van der Waals surface area contributed by atoms with E-state index in [-0.39, 0.29) is 12.0 Å². The van der Waals surface area contributed by atoms with Crippen LogP contribution in [0.25, 0.3) is 0 Å². The van der Waals surface area contributed by atoms with Gasteiger partial charge in [-0.1, -0.05) is 43.7 Å². The number of amides is 1. The van der Waals surface area contributed by atoms with Gasteiger partial charge in [0.2, 0.25) is 0 Å². The highest BCUT2D eigenvalue weighted by atomic mass is 32.2. The van der Waals surface area contributed by atoms with Crippen LogP contribution in [0.1, 0.15) is 57.4 Å². The van der Waals surface area contributed by atoms with Crippen molar-refractivity contribution in [2.45, 2.75) is 73.5 Å². The maximum absolute atomic E-state index is 12.1. The lowest BCUT2D eigenvalue weighted by atomic mass is 9.64. The first-order chi connectivity index (χ1) is 19.5. The maximum Gasteiger partial charge on any atom is 0.407 e. The molecule has 2 atom stereocenters. The number of ether oxygens (including phenoxy) is 1. The van der Waals surface area contributed by atoms with Crippen LogP contribution in [0.4, 0.5) is 10.5 Å². The van der Waals surface area contributed by atoms with E-state index in [1.807, 2.05) is 30.0 Å². The van der Waals surface area contributed by atoms with Crippen molar-refractivity contribution in [2.75, 3.05) is 44.7 Å². The van der Waals surface area contributed by atoms with E-state index in [1.54, 1.807) is 7.05 Å². The van der Waals surface area contributed by atoms with Gasteiger partial charge in [-0.25, -0.2) is 4.79 Å². The molecule has 40 heavy (non-hydrogen) atoms. The third-order valence-electron chi connectivity index (χ3n) is 8.91. The van der Waals surface area contributed by atoms with E-state index >= 15 is 0 Å². The fourth-order valence-electron chi connectivity index (χ4n) is 6.53. The monoisotopic (exact) mass is 560 g/mol. The summed E-state index contributed by atoms with van der Waals surface area (Å²) in [5, 5.41) is 14.2. The molecule has 2 aromatic rings. The summed E-state index contributed by atoms with van der Waals surface area (Å²) >= 11 is 2.02. The number of piperidine rings is 1. The summed E-state index contributed by atoms with van der Waals surface area (Å²) in [5.41, 5.74) is 1.73. The summed E-state index contributed by atoms with van der Waals surface area (Å²) < 4.78 is 5.76. The molecular formula is C33H44N4O2S. The van der Waals surface area contributed by atoms with Gasteiger partial charge in [0.15, 0.2) is 0 Å². The second-order valence-corrected chi connectivity index (χ2v) is 13.3. The third-order valence-corrected chi connectivity index (χ3v) is 10.3. The Labute approximate surface area is 244 Å². The number of alkyl carbamates (subject to hydrolysis) is 1. The summed E-state index contributed by atoms with van der Waals surface area (Å²) in [4.78, 5) is 18.6. The molecule has 5 rings (SSSR count). The van der Waals surface area contributed by atoms with Crippen LogP contribution in [0.5, 0.6) is 0 Å². The molecule has 2 aliphatic heterocycles. The van der Waals surface area contributed by atoms with Crippen LogP contribution in [0.15, 0.2) is 59.5 Å². The molecule has 1 saturated carbocycles. The third kappa shape index (κ3) is 6.95. The normalized spacial score (nSPS) is 20.7. The van der Waals surface area contributed by atoms with Gasteiger partial charge >= 0.3 is 6.09 Å². The number of carbonyl (C=O) groups excluding carboxylic acids is 1. The SMILES string of the molecule is CCC[C@H](CC(C#N)(c1ccccc1)C1CCN(CC2CN(c3ccc(SC4CC4)cc3)C2)CC1)OC(=O)NC. The highest BCUT2D eigenvalue weighted by Gasteiger charge is 2.45. The number of carbonyl (C=O) groups is 1. The number of benzene rings is 2. The van der Waals surface area contributed by atoms with Crippen molar-refractivity contribution in [3.05, 3.63) is 60.2 Å². The Morgan fingerprint density at radius 2 is 1.80 bits per heavy atom. The summed E-state index contributed by atoms with van der Waals surface area (Å²) in [6, 6.07) is 22.1. The van der Waals surface area contributed by atoms with Crippen molar-refractivity contribution in [1.82, 2.24) is 10.2 Å². The molecule has 3 aliphatic rings. The lowest BCUT2D eigenvalue weighted by Gasteiger charge is -2.46. The Balaban J connectivity index is 1.17. The predicted molar refractivity (Wildman–Crippen MR) is 163 cm³/mol. The lowest BCUT2D eigenvalue weighted by molar-refractivity contribution is 0.0578. The Kier molecular flexibility index (Phi) is 9.59. The number of nitrogens with zero attached hydrogens (tertiary/aromatic N) is 3. The van der Waals surface area contributed by atoms with Crippen molar-refractivity contribution >= 4 is 23.5 Å². The molecule has 0 radical (unpaired) electrons. The van der Waals surface area contributed by atoms with Gasteiger partial charge in [0, 0.05) is 54.9 Å². The molecule has 1 amide bonds. The topological polar surface area (TPSA) is 68.6 Å². The fraction of sp³-hybridized carbons (Fsp3) is 0.576. The molecular weight excluding hydrogens is 516 g/mol. The summed E-state index contributed by atoms with van der Waals surface area (Å²) in [6.45, 7) is 7.49.